The largest absolute Gasteiger partial charge is 0.573 e. The van der Waals surface area contributed by atoms with Gasteiger partial charge in [0, 0.05) is 10.9 Å². The summed E-state index contributed by atoms with van der Waals surface area (Å²) in [6.07, 6.45) is -5.07. The summed E-state index contributed by atoms with van der Waals surface area (Å²) in [4.78, 5) is 26.7. The number of hydrogen-bond donors (Lipinski definition) is 2. The third kappa shape index (κ3) is 6.90. The van der Waals surface area contributed by atoms with Crippen molar-refractivity contribution < 1.29 is 50.5 Å². The predicted octanol–water partition coefficient (Wildman–Crippen LogP) is 3.74. The second kappa shape index (κ2) is 10.8. The minimum Gasteiger partial charge on any atom is -0.495 e. The Kier molecular flexibility index (Phi) is 7.94. The van der Waals surface area contributed by atoms with Gasteiger partial charge in [-0.1, -0.05) is 5.92 Å². The third-order valence-corrected chi connectivity index (χ3v) is 6.53. The maximum Gasteiger partial charge on any atom is 0.573 e. The zero-order chi connectivity index (χ0) is 27.4. The summed E-state index contributed by atoms with van der Waals surface area (Å²) >= 11 is 0.850. The first-order chi connectivity index (χ1) is 17.3. The molecule has 0 radical (unpaired) electrons. The Bertz CT molecular complexity index is 1520. The Labute approximate surface area is 211 Å². The van der Waals surface area contributed by atoms with E-state index in [9.17, 15) is 31.2 Å². The normalized spacial score (nSPS) is 11.2. The first-order valence-corrected chi connectivity index (χ1v) is 12.1. The molecule has 2 aromatic carbocycles. The molecule has 194 valence electrons. The summed E-state index contributed by atoms with van der Waals surface area (Å²) in [7, 11) is -2.00. The van der Waals surface area contributed by atoms with E-state index < -0.39 is 44.7 Å². The molecule has 0 aliphatic heterocycles. The van der Waals surface area contributed by atoms with Crippen LogP contribution in [0.2, 0.25) is 0 Å². The van der Waals surface area contributed by atoms with Crippen molar-refractivity contribution in [3.05, 3.63) is 63.5 Å². The quantitative estimate of drug-likeness (QED) is 0.329. The molecule has 0 fully saturated rings. The predicted molar refractivity (Wildman–Crippen MR) is 123 cm³/mol. The molecule has 0 spiro atoms. The number of carbonyl (C=O) groups excluding carboxylic acids is 1. The fourth-order valence-corrected chi connectivity index (χ4v) is 4.77. The van der Waals surface area contributed by atoms with E-state index >= 15 is 0 Å². The average molecular weight is 556 g/mol. The summed E-state index contributed by atoms with van der Waals surface area (Å²) < 4.78 is 79.3. The van der Waals surface area contributed by atoms with Gasteiger partial charge in [0.05, 0.1) is 25.5 Å². The molecule has 15 heteroatoms. The zero-order valence-corrected chi connectivity index (χ0v) is 20.4. The molecule has 0 saturated heterocycles. The molecule has 1 heterocycles. The van der Waals surface area contributed by atoms with Crippen molar-refractivity contribution >= 4 is 39.0 Å². The van der Waals surface area contributed by atoms with E-state index in [1.54, 1.807) is 0 Å². The van der Waals surface area contributed by atoms with Crippen molar-refractivity contribution in [2.24, 2.45) is 0 Å². The van der Waals surface area contributed by atoms with Gasteiger partial charge in [-0.25, -0.2) is 14.6 Å². The zero-order valence-electron chi connectivity index (χ0n) is 18.7. The number of carboxylic acid groups (broad SMARTS) is 1. The van der Waals surface area contributed by atoms with Crippen molar-refractivity contribution in [1.29, 1.82) is 0 Å². The number of esters is 1. The van der Waals surface area contributed by atoms with Crippen LogP contribution in [0.4, 0.5) is 18.9 Å². The Morgan fingerprint density at radius 1 is 1.08 bits per heavy atom. The molecule has 37 heavy (non-hydrogen) atoms. The molecule has 0 bridgehead atoms. The summed E-state index contributed by atoms with van der Waals surface area (Å²) in [5.74, 6) is 1.93. The van der Waals surface area contributed by atoms with Crippen LogP contribution < -0.4 is 14.2 Å². The minimum absolute atomic E-state index is 0.0175. The van der Waals surface area contributed by atoms with Crippen LogP contribution in [0.15, 0.2) is 46.8 Å². The van der Waals surface area contributed by atoms with E-state index in [0.29, 0.717) is 0 Å². The van der Waals surface area contributed by atoms with Crippen LogP contribution in [0.1, 0.15) is 31.3 Å². The number of thiazole rings is 1. The number of benzene rings is 2. The van der Waals surface area contributed by atoms with Crippen LogP contribution in [0.5, 0.6) is 11.5 Å². The number of anilines is 1. The number of nitrogens with zero attached hydrogens (tertiary/aromatic N) is 1. The van der Waals surface area contributed by atoms with Crippen molar-refractivity contribution in [2.45, 2.75) is 11.4 Å². The molecule has 3 rings (SSSR count). The molecule has 10 nitrogen and oxygen atoms in total. The van der Waals surface area contributed by atoms with Crippen LogP contribution in [0.3, 0.4) is 0 Å². The molecule has 0 unspecified atom stereocenters. The number of ether oxygens (including phenoxy) is 3. The first kappa shape index (κ1) is 27.3. The smallest absolute Gasteiger partial charge is 0.495 e. The van der Waals surface area contributed by atoms with E-state index in [1.165, 1.54) is 30.7 Å². The third-order valence-electron chi connectivity index (χ3n) is 4.38. The highest BCUT2D eigenvalue weighted by Crippen LogP contribution is 2.29. The van der Waals surface area contributed by atoms with Gasteiger partial charge in [-0.15, -0.1) is 24.5 Å². The highest BCUT2D eigenvalue weighted by atomic mass is 32.2. The maximum absolute atomic E-state index is 12.7. The van der Waals surface area contributed by atoms with Crippen LogP contribution in [-0.2, 0) is 14.8 Å². The van der Waals surface area contributed by atoms with Crippen molar-refractivity contribution in [3.8, 4) is 23.3 Å². The minimum atomic E-state index is -5.07. The fourth-order valence-electron chi connectivity index (χ4n) is 2.76. The molecular weight excluding hydrogens is 541 g/mol. The molecule has 0 amide bonds. The number of halogens is 3. The Morgan fingerprint density at radius 2 is 1.81 bits per heavy atom. The number of nitrogens with one attached hydrogen (secondary N) is 1. The lowest BCUT2D eigenvalue weighted by Gasteiger charge is -2.12. The van der Waals surface area contributed by atoms with Crippen LogP contribution >= 0.6 is 11.3 Å². The van der Waals surface area contributed by atoms with E-state index in [4.69, 9.17) is 9.84 Å². The SMILES string of the molecule is COC(=O)c1ccc(C#Cc2nc(S(=O)(=O)Nc3ccc(C(=O)O)cc3OC)cs2)cc1OC(F)(F)F. The second-order valence-corrected chi connectivity index (χ2v) is 9.30. The van der Waals surface area contributed by atoms with Gasteiger partial charge in [0.2, 0.25) is 0 Å². The highest BCUT2D eigenvalue weighted by Gasteiger charge is 2.33. The number of hydrogen-bond acceptors (Lipinski definition) is 9. The van der Waals surface area contributed by atoms with Gasteiger partial charge in [0.25, 0.3) is 10.0 Å². The van der Waals surface area contributed by atoms with Crippen LogP contribution in [-0.4, -0.2) is 51.0 Å². The lowest BCUT2D eigenvalue weighted by molar-refractivity contribution is -0.274. The summed E-state index contributed by atoms with van der Waals surface area (Å²) in [5, 5.41) is 9.85. The number of carboxylic acids is 1. The molecule has 0 aliphatic carbocycles. The van der Waals surface area contributed by atoms with Gasteiger partial charge in [-0.05, 0) is 42.3 Å². The van der Waals surface area contributed by atoms with E-state index in [0.717, 1.165) is 36.6 Å². The van der Waals surface area contributed by atoms with Gasteiger partial charge in [-0.2, -0.15) is 8.42 Å². The second-order valence-electron chi connectivity index (χ2n) is 6.82. The Balaban J connectivity index is 1.86. The maximum atomic E-state index is 12.7. The molecule has 0 aliphatic rings. The van der Waals surface area contributed by atoms with Crippen molar-refractivity contribution in [1.82, 2.24) is 4.98 Å². The number of sulfonamides is 1. The highest BCUT2D eigenvalue weighted by molar-refractivity contribution is 7.92. The van der Waals surface area contributed by atoms with Gasteiger partial charge in [0.1, 0.15) is 17.1 Å². The van der Waals surface area contributed by atoms with Gasteiger partial charge in [0.15, 0.2) is 10.0 Å². The van der Waals surface area contributed by atoms with Gasteiger partial charge >= 0.3 is 18.3 Å². The standard InChI is InChI=1S/C22H15F3N2O8S2/c1-33-17-10-13(20(28)29)5-7-15(17)27-37(31,32)19-11-36-18(26-19)8-4-12-3-6-14(21(30)34-2)16(9-12)35-22(23,24)25/h3,5-7,9-11,27H,1-2H3,(H,28,29). The Hall–Kier alpha value is -4.29. The summed E-state index contributed by atoms with van der Waals surface area (Å²) in [6, 6.07) is 6.71. The average Bonchev–Trinajstić information content (AvgIpc) is 3.31. The number of rotatable bonds is 7. The molecule has 0 atom stereocenters. The van der Waals surface area contributed by atoms with Crippen LogP contribution in [0.25, 0.3) is 0 Å². The molecule has 0 saturated carbocycles. The van der Waals surface area contributed by atoms with E-state index in [2.05, 4.69) is 31.0 Å². The Morgan fingerprint density at radius 3 is 2.43 bits per heavy atom. The first-order valence-electron chi connectivity index (χ1n) is 9.73. The summed E-state index contributed by atoms with van der Waals surface area (Å²) in [5.41, 5.74) is -0.593. The van der Waals surface area contributed by atoms with Crippen molar-refractivity contribution in [2.75, 3.05) is 18.9 Å². The monoisotopic (exact) mass is 556 g/mol. The van der Waals surface area contributed by atoms with Crippen LogP contribution in [0, 0.1) is 11.8 Å². The van der Waals surface area contributed by atoms with Gasteiger partial charge < -0.3 is 19.3 Å². The fraction of sp³-hybridized carbons (Fsp3) is 0.136. The number of methoxy groups -OCH3 is 2. The van der Waals surface area contributed by atoms with Gasteiger partial charge in [-0.3, -0.25) is 4.72 Å². The summed E-state index contributed by atoms with van der Waals surface area (Å²) in [6.45, 7) is 0. The number of alkyl halides is 3. The lowest BCUT2D eigenvalue weighted by Crippen LogP contribution is -2.19. The molecule has 1 aromatic heterocycles. The van der Waals surface area contributed by atoms with E-state index in [-0.39, 0.29) is 27.6 Å². The molecule has 3 aromatic rings. The number of aromatic carboxylic acids is 1. The van der Waals surface area contributed by atoms with E-state index in [1.807, 2.05) is 0 Å². The van der Waals surface area contributed by atoms with Crippen molar-refractivity contribution in [3.63, 3.8) is 0 Å². The number of aromatic nitrogens is 1. The number of carbonyl (C=O) groups is 2. The lowest BCUT2D eigenvalue weighted by atomic mass is 10.1. The molecular formula is C22H15F3N2O8S2. The topological polar surface area (TPSA) is 141 Å². The molecule has 2 N–H and O–H groups in total.